The molecule has 0 amide bonds. The van der Waals surface area contributed by atoms with E-state index in [9.17, 15) is 8.42 Å². The van der Waals surface area contributed by atoms with Gasteiger partial charge >= 0.3 is 0 Å². The molecular formula is C16H23N3O3S. The molecule has 0 bridgehead atoms. The van der Waals surface area contributed by atoms with E-state index in [1.165, 1.54) is 0 Å². The van der Waals surface area contributed by atoms with Crippen LogP contribution in [0.2, 0.25) is 0 Å². The van der Waals surface area contributed by atoms with Crippen LogP contribution in [-0.2, 0) is 17.1 Å². The number of benzene rings is 1. The van der Waals surface area contributed by atoms with Crippen LogP contribution in [-0.4, -0.2) is 30.8 Å². The highest BCUT2D eigenvalue weighted by Gasteiger charge is 2.24. The number of nitrogens with one attached hydrogen (secondary N) is 1. The summed E-state index contributed by atoms with van der Waals surface area (Å²) in [6.45, 7) is 5.61. The van der Waals surface area contributed by atoms with E-state index < -0.39 is 10.0 Å². The fourth-order valence-corrected chi connectivity index (χ4v) is 3.88. The van der Waals surface area contributed by atoms with E-state index in [-0.39, 0.29) is 17.5 Å². The minimum Gasteiger partial charge on any atom is -0.489 e. The molecule has 126 valence electrons. The standard InChI is InChI=1S/C16H23N3O3S/c1-5-14(22-15-9-7-6-8-10-15)11-17-23(20,21)16-12(2)18-19(4)13(16)3/h6-10,14,17H,5,11H2,1-4H3/t14-/m0/s1. The molecule has 0 spiro atoms. The summed E-state index contributed by atoms with van der Waals surface area (Å²) >= 11 is 0. The Kier molecular flexibility index (Phi) is 5.43. The number of nitrogens with zero attached hydrogens (tertiary/aromatic N) is 2. The van der Waals surface area contributed by atoms with Crippen LogP contribution in [0.25, 0.3) is 0 Å². The Hall–Kier alpha value is -1.86. The number of rotatable bonds is 7. The molecule has 0 saturated carbocycles. The maximum Gasteiger partial charge on any atom is 0.244 e. The third kappa shape index (κ3) is 4.11. The monoisotopic (exact) mass is 337 g/mol. The highest BCUT2D eigenvalue weighted by molar-refractivity contribution is 7.89. The van der Waals surface area contributed by atoms with E-state index in [1.807, 2.05) is 37.3 Å². The number of sulfonamides is 1. The van der Waals surface area contributed by atoms with E-state index in [2.05, 4.69) is 9.82 Å². The van der Waals surface area contributed by atoms with Gasteiger partial charge in [0.2, 0.25) is 10.0 Å². The largest absolute Gasteiger partial charge is 0.489 e. The van der Waals surface area contributed by atoms with Crippen molar-refractivity contribution in [1.82, 2.24) is 14.5 Å². The van der Waals surface area contributed by atoms with E-state index in [0.29, 0.717) is 17.8 Å². The minimum absolute atomic E-state index is 0.210. The minimum atomic E-state index is -3.61. The highest BCUT2D eigenvalue weighted by atomic mass is 32.2. The van der Waals surface area contributed by atoms with Crippen LogP contribution < -0.4 is 9.46 Å². The van der Waals surface area contributed by atoms with Gasteiger partial charge in [0.25, 0.3) is 0 Å². The van der Waals surface area contributed by atoms with E-state index in [0.717, 1.165) is 5.75 Å². The molecule has 2 rings (SSSR count). The summed E-state index contributed by atoms with van der Waals surface area (Å²) in [5.74, 6) is 0.729. The van der Waals surface area contributed by atoms with E-state index in [1.54, 1.807) is 25.6 Å². The molecule has 1 N–H and O–H groups in total. The molecule has 6 nitrogen and oxygen atoms in total. The molecule has 23 heavy (non-hydrogen) atoms. The lowest BCUT2D eigenvalue weighted by Gasteiger charge is -2.18. The van der Waals surface area contributed by atoms with Gasteiger partial charge in [0.15, 0.2) is 0 Å². The summed E-state index contributed by atoms with van der Waals surface area (Å²) in [6.07, 6.45) is 0.465. The Morgan fingerprint density at radius 2 is 1.91 bits per heavy atom. The summed E-state index contributed by atoms with van der Waals surface area (Å²) in [5.41, 5.74) is 1.11. The van der Waals surface area contributed by atoms with Crippen LogP contribution in [0.15, 0.2) is 35.2 Å². The van der Waals surface area contributed by atoms with Gasteiger partial charge in [-0.2, -0.15) is 5.10 Å². The normalized spacial score (nSPS) is 13.0. The molecular weight excluding hydrogens is 314 g/mol. The van der Waals surface area contributed by atoms with Crippen molar-refractivity contribution in [3.05, 3.63) is 41.7 Å². The van der Waals surface area contributed by atoms with Gasteiger partial charge in [-0.1, -0.05) is 25.1 Å². The number of hydrogen-bond acceptors (Lipinski definition) is 4. The third-order valence-electron chi connectivity index (χ3n) is 3.71. The molecule has 0 aliphatic rings. The van der Waals surface area contributed by atoms with Crippen LogP contribution in [0.5, 0.6) is 5.75 Å². The lowest BCUT2D eigenvalue weighted by Crippen LogP contribution is -2.35. The zero-order chi connectivity index (χ0) is 17.0. The summed E-state index contributed by atoms with van der Waals surface area (Å²) < 4.78 is 35.1. The number of ether oxygens (including phenoxy) is 1. The summed E-state index contributed by atoms with van der Waals surface area (Å²) in [7, 11) is -1.88. The molecule has 0 aliphatic heterocycles. The van der Waals surface area contributed by atoms with Crippen molar-refractivity contribution in [2.75, 3.05) is 6.54 Å². The van der Waals surface area contributed by atoms with Crippen molar-refractivity contribution in [2.24, 2.45) is 7.05 Å². The molecule has 1 heterocycles. The van der Waals surface area contributed by atoms with Crippen LogP contribution in [0.3, 0.4) is 0 Å². The maximum absolute atomic E-state index is 12.5. The van der Waals surface area contributed by atoms with Gasteiger partial charge in [-0.25, -0.2) is 13.1 Å². The summed E-state index contributed by atoms with van der Waals surface area (Å²) in [6, 6.07) is 9.38. The average Bonchev–Trinajstić information content (AvgIpc) is 2.78. The molecule has 0 fully saturated rings. The molecule has 0 saturated heterocycles. The second kappa shape index (κ2) is 7.14. The number of aryl methyl sites for hydroxylation is 2. The van der Waals surface area contributed by atoms with Gasteiger partial charge in [0.05, 0.1) is 11.4 Å². The Labute approximate surface area is 137 Å². The van der Waals surface area contributed by atoms with Crippen molar-refractivity contribution in [1.29, 1.82) is 0 Å². The SMILES string of the molecule is CC[C@@H](CNS(=O)(=O)c1c(C)nn(C)c1C)Oc1ccccc1. The van der Waals surface area contributed by atoms with Gasteiger partial charge in [0, 0.05) is 13.6 Å². The first-order chi connectivity index (χ1) is 10.8. The topological polar surface area (TPSA) is 73.2 Å². The fraction of sp³-hybridized carbons (Fsp3) is 0.438. The first-order valence-electron chi connectivity index (χ1n) is 7.56. The quantitative estimate of drug-likeness (QED) is 0.840. The molecule has 7 heteroatoms. The number of para-hydroxylation sites is 1. The lowest BCUT2D eigenvalue weighted by atomic mass is 10.2. The number of aromatic nitrogens is 2. The van der Waals surface area contributed by atoms with Crippen LogP contribution >= 0.6 is 0 Å². The molecule has 0 unspecified atom stereocenters. The third-order valence-corrected chi connectivity index (χ3v) is 5.39. The molecule has 2 aromatic rings. The summed E-state index contributed by atoms with van der Waals surface area (Å²) in [4.78, 5) is 0.245. The van der Waals surface area contributed by atoms with Gasteiger partial charge in [-0.05, 0) is 32.4 Å². The predicted octanol–water partition coefficient (Wildman–Crippen LogP) is 2.17. The Bertz CT molecular complexity index is 754. The van der Waals surface area contributed by atoms with Gasteiger partial charge < -0.3 is 4.74 Å². The Morgan fingerprint density at radius 1 is 1.26 bits per heavy atom. The van der Waals surface area contributed by atoms with Gasteiger partial charge in [0.1, 0.15) is 16.7 Å². The van der Waals surface area contributed by atoms with Gasteiger partial charge in [-0.15, -0.1) is 0 Å². The predicted molar refractivity (Wildman–Crippen MR) is 89.0 cm³/mol. The molecule has 1 aromatic heterocycles. The molecule has 0 radical (unpaired) electrons. The van der Waals surface area contributed by atoms with Crippen LogP contribution in [0, 0.1) is 13.8 Å². The smallest absolute Gasteiger partial charge is 0.244 e. The summed E-state index contributed by atoms with van der Waals surface area (Å²) in [5, 5.41) is 4.16. The maximum atomic E-state index is 12.5. The van der Waals surface area contributed by atoms with Crippen LogP contribution in [0.4, 0.5) is 0 Å². The first kappa shape index (κ1) is 17.5. The average molecular weight is 337 g/mol. The second-order valence-corrected chi connectivity index (χ2v) is 7.14. The van der Waals surface area contributed by atoms with Gasteiger partial charge in [-0.3, -0.25) is 4.68 Å². The zero-order valence-corrected chi connectivity index (χ0v) is 14.7. The zero-order valence-electron chi connectivity index (χ0n) is 13.9. The second-order valence-electron chi connectivity index (χ2n) is 5.44. The van der Waals surface area contributed by atoms with Crippen molar-refractivity contribution >= 4 is 10.0 Å². The van der Waals surface area contributed by atoms with Crippen LogP contribution in [0.1, 0.15) is 24.7 Å². The fourth-order valence-electron chi connectivity index (χ4n) is 2.38. The highest BCUT2D eigenvalue weighted by Crippen LogP contribution is 2.18. The Balaban J connectivity index is 2.08. The van der Waals surface area contributed by atoms with Crippen molar-refractivity contribution in [3.8, 4) is 5.75 Å². The van der Waals surface area contributed by atoms with Crippen molar-refractivity contribution < 1.29 is 13.2 Å². The molecule has 0 aliphatic carbocycles. The first-order valence-corrected chi connectivity index (χ1v) is 9.05. The number of hydrogen-bond donors (Lipinski definition) is 1. The van der Waals surface area contributed by atoms with E-state index >= 15 is 0 Å². The molecule has 1 aromatic carbocycles. The Morgan fingerprint density at radius 3 is 2.43 bits per heavy atom. The van der Waals surface area contributed by atoms with E-state index in [4.69, 9.17) is 4.74 Å². The van der Waals surface area contributed by atoms with Crippen molar-refractivity contribution in [3.63, 3.8) is 0 Å². The molecule has 1 atom stereocenters. The van der Waals surface area contributed by atoms with Crippen molar-refractivity contribution in [2.45, 2.75) is 38.2 Å². The lowest BCUT2D eigenvalue weighted by molar-refractivity contribution is 0.200.